The molecule has 1 heterocycles. The van der Waals surface area contributed by atoms with Crippen LogP contribution in [0, 0.1) is 5.92 Å². The van der Waals surface area contributed by atoms with Gasteiger partial charge in [0.15, 0.2) is 0 Å². The van der Waals surface area contributed by atoms with Crippen LogP contribution in [-0.4, -0.2) is 42.6 Å². The Kier molecular flexibility index (Phi) is 8.55. The molecule has 1 fully saturated rings. The van der Waals surface area contributed by atoms with Gasteiger partial charge in [-0.05, 0) is 35.8 Å². The van der Waals surface area contributed by atoms with E-state index in [1.54, 1.807) is 0 Å². The Bertz CT molecular complexity index is 328. The maximum atomic E-state index is 5.73. The molecule has 0 spiro atoms. The number of rotatable bonds is 7. The molecule has 1 atom stereocenters. The second-order valence-electron chi connectivity index (χ2n) is 5.05. The summed E-state index contributed by atoms with van der Waals surface area (Å²) in [6.45, 7) is 4.18. The van der Waals surface area contributed by atoms with Crippen molar-refractivity contribution in [1.29, 1.82) is 0 Å². The van der Waals surface area contributed by atoms with Crippen molar-refractivity contribution >= 4 is 24.2 Å². The SMILES string of the molecule is Cl.NCCN(CCc1ccccc1)CC1CCSC1. The third-order valence-corrected chi connectivity index (χ3v) is 4.78. The van der Waals surface area contributed by atoms with E-state index in [4.69, 9.17) is 5.73 Å². The smallest absolute Gasteiger partial charge is 0.0105 e. The summed E-state index contributed by atoms with van der Waals surface area (Å²) in [6.07, 6.45) is 2.53. The van der Waals surface area contributed by atoms with E-state index in [1.165, 1.54) is 30.0 Å². The van der Waals surface area contributed by atoms with E-state index >= 15 is 0 Å². The van der Waals surface area contributed by atoms with Gasteiger partial charge in [-0.2, -0.15) is 11.8 Å². The highest BCUT2D eigenvalue weighted by atomic mass is 35.5. The molecular weight excluding hydrogens is 276 g/mol. The number of hydrogen-bond donors (Lipinski definition) is 1. The van der Waals surface area contributed by atoms with Gasteiger partial charge in [0.25, 0.3) is 0 Å². The number of halogens is 1. The average molecular weight is 301 g/mol. The Morgan fingerprint density at radius 2 is 2.00 bits per heavy atom. The third-order valence-electron chi connectivity index (χ3n) is 3.55. The molecule has 1 saturated heterocycles. The first-order valence-corrected chi connectivity index (χ1v) is 8.08. The van der Waals surface area contributed by atoms with Crippen molar-refractivity contribution in [3.05, 3.63) is 35.9 Å². The number of nitrogens with zero attached hydrogens (tertiary/aromatic N) is 1. The molecule has 1 aliphatic rings. The molecule has 1 aromatic carbocycles. The standard InChI is InChI=1S/C15H24N2S.ClH/c16-8-10-17(12-15-7-11-18-13-15)9-6-14-4-2-1-3-5-14;/h1-5,15H,6-13,16H2;1H. The van der Waals surface area contributed by atoms with Crippen LogP contribution in [-0.2, 0) is 6.42 Å². The first-order valence-electron chi connectivity index (χ1n) is 6.92. The van der Waals surface area contributed by atoms with Gasteiger partial charge in [0.05, 0.1) is 0 Å². The summed E-state index contributed by atoms with van der Waals surface area (Å²) >= 11 is 2.10. The second kappa shape index (κ2) is 9.65. The van der Waals surface area contributed by atoms with Crippen LogP contribution in [0.3, 0.4) is 0 Å². The Morgan fingerprint density at radius 3 is 2.63 bits per heavy atom. The van der Waals surface area contributed by atoms with Crippen molar-refractivity contribution in [3.8, 4) is 0 Å². The average Bonchev–Trinajstić information content (AvgIpc) is 2.90. The molecule has 0 saturated carbocycles. The molecule has 0 radical (unpaired) electrons. The Labute approximate surface area is 127 Å². The topological polar surface area (TPSA) is 29.3 Å². The molecule has 2 rings (SSSR count). The molecule has 0 aromatic heterocycles. The van der Waals surface area contributed by atoms with E-state index < -0.39 is 0 Å². The second-order valence-corrected chi connectivity index (χ2v) is 6.20. The Hall–Kier alpha value is -0.220. The molecule has 4 heteroatoms. The van der Waals surface area contributed by atoms with Crippen molar-refractivity contribution < 1.29 is 0 Å². The Balaban J connectivity index is 0.00000180. The van der Waals surface area contributed by atoms with Gasteiger partial charge in [-0.1, -0.05) is 30.3 Å². The van der Waals surface area contributed by atoms with Crippen LogP contribution < -0.4 is 5.73 Å². The molecule has 2 nitrogen and oxygen atoms in total. The van der Waals surface area contributed by atoms with Gasteiger partial charge in [0.1, 0.15) is 0 Å². The third kappa shape index (κ3) is 6.17. The summed E-state index contributed by atoms with van der Waals surface area (Å²) in [7, 11) is 0. The normalized spacial score (nSPS) is 18.5. The molecule has 19 heavy (non-hydrogen) atoms. The first-order chi connectivity index (χ1) is 8.88. The molecule has 2 N–H and O–H groups in total. The fourth-order valence-electron chi connectivity index (χ4n) is 2.50. The largest absolute Gasteiger partial charge is 0.329 e. The van der Waals surface area contributed by atoms with Gasteiger partial charge in [0.2, 0.25) is 0 Å². The fraction of sp³-hybridized carbons (Fsp3) is 0.600. The number of thioether (sulfide) groups is 1. The predicted molar refractivity (Wildman–Crippen MR) is 88.3 cm³/mol. The molecule has 0 bridgehead atoms. The summed E-state index contributed by atoms with van der Waals surface area (Å²) in [4.78, 5) is 2.55. The summed E-state index contributed by atoms with van der Waals surface area (Å²) in [5, 5.41) is 0. The van der Waals surface area contributed by atoms with E-state index in [9.17, 15) is 0 Å². The Morgan fingerprint density at radius 1 is 1.21 bits per heavy atom. The highest BCUT2D eigenvalue weighted by Crippen LogP contribution is 2.24. The minimum atomic E-state index is 0. The van der Waals surface area contributed by atoms with Gasteiger partial charge in [0, 0.05) is 26.2 Å². The van der Waals surface area contributed by atoms with Gasteiger partial charge in [-0.25, -0.2) is 0 Å². The van der Waals surface area contributed by atoms with Crippen molar-refractivity contribution in [3.63, 3.8) is 0 Å². The van der Waals surface area contributed by atoms with Crippen LogP contribution in [0.4, 0.5) is 0 Å². The molecule has 1 unspecified atom stereocenters. The molecule has 0 amide bonds. The molecule has 1 aromatic rings. The van der Waals surface area contributed by atoms with Crippen molar-refractivity contribution in [1.82, 2.24) is 4.90 Å². The van der Waals surface area contributed by atoms with E-state index in [0.717, 1.165) is 32.0 Å². The molecule has 1 aliphatic heterocycles. The van der Waals surface area contributed by atoms with Gasteiger partial charge in [-0.15, -0.1) is 12.4 Å². The summed E-state index contributed by atoms with van der Waals surface area (Å²) in [5.41, 5.74) is 7.16. The maximum absolute atomic E-state index is 5.73. The fourth-order valence-corrected chi connectivity index (χ4v) is 3.77. The quantitative estimate of drug-likeness (QED) is 0.839. The van der Waals surface area contributed by atoms with Crippen LogP contribution in [0.1, 0.15) is 12.0 Å². The number of benzene rings is 1. The van der Waals surface area contributed by atoms with Crippen molar-refractivity contribution in [2.45, 2.75) is 12.8 Å². The van der Waals surface area contributed by atoms with Crippen LogP contribution in [0.15, 0.2) is 30.3 Å². The zero-order valence-corrected chi connectivity index (χ0v) is 13.1. The predicted octanol–water partition coefficient (Wildman–Crippen LogP) is 2.66. The zero-order chi connectivity index (χ0) is 12.6. The van der Waals surface area contributed by atoms with E-state index in [2.05, 4.69) is 47.0 Å². The molecule has 108 valence electrons. The van der Waals surface area contributed by atoms with E-state index in [1.807, 2.05) is 0 Å². The van der Waals surface area contributed by atoms with Crippen LogP contribution in [0.25, 0.3) is 0 Å². The van der Waals surface area contributed by atoms with Crippen LogP contribution >= 0.6 is 24.2 Å². The lowest BCUT2D eigenvalue weighted by molar-refractivity contribution is 0.248. The van der Waals surface area contributed by atoms with Crippen molar-refractivity contribution in [2.75, 3.05) is 37.7 Å². The summed E-state index contributed by atoms with van der Waals surface area (Å²) in [5.74, 6) is 3.57. The van der Waals surface area contributed by atoms with Crippen LogP contribution in [0.5, 0.6) is 0 Å². The van der Waals surface area contributed by atoms with E-state index in [0.29, 0.717) is 0 Å². The lowest BCUT2D eigenvalue weighted by Crippen LogP contribution is -2.35. The van der Waals surface area contributed by atoms with E-state index in [-0.39, 0.29) is 12.4 Å². The zero-order valence-electron chi connectivity index (χ0n) is 11.5. The van der Waals surface area contributed by atoms with Crippen molar-refractivity contribution in [2.24, 2.45) is 11.7 Å². The monoisotopic (exact) mass is 300 g/mol. The number of nitrogens with two attached hydrogens (primary N) is 1. The molecular formula is C15H25ClN2S. The highest BCUT2D eigenvalue weighted by Gasteiger charge is 2.18. The maximum Gasteiger partial charge on any atom is 0.0105 e. The van der Waals surface area contributed by atoms with Gasteiger partial charge in [-0.3, -0.25) is 0 Å². The minimum Gasteiger partial charge on any atom is -0.329 e. The first kappa shape index (κ1) is 16.8. The summed E-state index contributed by atoms with van der Waals surface area (Å²) in [6, 6.07) is 10.8. The highest BCUT2D eigenvalue weighted by molar-refractivity contribution is 7.99. The van der Waals surface area contributed by atoms with Crippen LogP contribution in [0.2, 0.25) is 0 Å². The number of hydrogen-bond acceptors (Lipinski definition) is 3. The van der Waals surface area contributed by atoms with Gasteiger partial charge >= 0.3 is 0 Å². The minimum absolute atomic E-state index is 0. The lowest BCUT2D eigenvalue weighted by Gasteiger charge is -2.24. The lowest BCUT2D eigenvalue weighted by atomic mass is 10.1. The molecule has 0 aliphatic carbocycles. The van der Waals surface area contributed by atoms with Gasteiger partial charge < -0.3 is 10.6 Å². The summed E-state index contributed by atoms with van der Waals surface area (Å²) < 4.78 is 0.